The Bertz CT molecular complexity index is 3560. The predicted molar refractivity (Wildman–Crippen MR) is 329 cm³/mol. The van der Waals surface area contributed by atoms with E-state index in [1.165, 1.54) is 104 Å². The van der Waals surface area contributed by atoms with Crippen molar-refractivity contribution < 1.29 is 114 Å². The van der Waals surface area contributed by atoms with Crippen LogP contribution in [0.3, 0.4) is 0 Å². The summed E-state index contributed by atoms with van der Waals surface area (Å²) < 4.78 is 90.8. The number of nitrogens with one attached hydrogen (secondary N) is 1. The van der Waals surface area contributed by atoms with Gasteiger partial charge in [0, 0.05) is 23.4 Å². The van der Waals surface area contributed by atoms with Crippen LogP contribution in [0.1, 0.15) is 79.5 Å². The first-order valence-corrected chi connectivity index (χ1v) is 30.9. The molecule has 4 fully saturated rings. The van der Waals surface area contributed by atoms with E-state index in [0.29, 0.717) is 5.56 Å². The second kappa shape index (κ2) is 33.9. The van der Waals surface area contributed by atoms with Gasteiger partial charge in [-0.15, -0.1) is 0 Å². The second-order valence-electron chi connectivity index (χ2n) is 21.6. The number of Topliss-reactive ketones (excluding diaryl/α,β-unsaturated/α-hetero) is 1. The number of hydrogen-bond acceptors (Lipinski definition) is 25. The maximum atomic E-state index is 14.6. The van der Waals surface area contributed by atoms with Gasteiger partial charge in [-0.05, 0) is 67.4 Å². The van der Waals surface area contributed by atoms with Crippen molar-refractivity contribution >= 4 is 88.3 Å². The molecule has 0 aliphatic carbocycles. The summed E-state index contributed by atoms with van der Waals surface area (Å²) in [6.45, 7) is 0.378. The number of benzene rings is 5. The Hall–Kier alpha value is -8.61. The highest BCUT2D eigenvalue weighted by atomic mass is 35.6. The summed E-state index contributed by atoms with van der Waals surface area (Å²) in [5.41, 5.74) is 9.14. The van der Waals surface area contributed by atoms with Crippen molar-refractivity contribution in [2.24, 2.45) is 5.11 Å². The van der Waals surface area contributed by atoms with E-state index in [2.05, 4.69) is 15.3 Å². The molecule has 0 saturated carbocycles. The van der Waals surface area contributed by atoms with E-state index in [0.717, 1.165) is 14.2 Å². The lowest BCUT2D eigenvalue weighted by Crippen LogP contribution is -2.72. The van der Waals surface area contributed by atoms with E-state index in [4.69, 9.17) is 111 Å². The van der Waals surface area contributed by atoms with Crippen LogP contribution in [0.2, 0.25) is 0 Å². The highest BCUT2D eigenvalue weighted by Crippen LogP contribution is 2.42. The molecule has 0 spiro atoms. The van der Waals surface area contributed by atoms with Crippen LogP contribution in [-0.4, -0.2) is 183 Å². The number of methoxy groups -OCH3 is 2. The molecule has 4 aliphatic heterocycles. The predicted octanol–water partition coefficient (Wildman–Crippen LogP) is 7.15. The fourth-order valence-electron chi connectivity index (χ4n) is 10.5. The van der Waals surface area contributed by atoms with Crippen molar-refractivity contribution in [3.63, 3.8) is 0 Å². The summed E-state index contributed by atoms with van der Waals surface area (Å²) in [6, 6.07) is 35.9. The number of hydrogen-bond donors (Lipinski definition) is 1. The molecule has 28 nitrogen and oxygen atoms in total. The van der Waals surface area contributed by atoms with Gasteiger partial charge in [-0.2, -0.15) is 0 Å². The van der Waals surface area contributed by atoms with Gasteiger partial charge in [-0.3, -0.25) is 9.59 Å². The molecule has 16 atom stereocenters. The zero-order valence-electron chi connectivity index (χ0n) is 51.2. The number of ether oxygens (including phenoxy) is 15. The Morgan fingerprint density at radius 1 is 0.542 bits per heavy atom. The SMILES string of the molecule is COC(=O)[C@H]1O[C@@H](O[C@@H]2[C@@H](NC(=O)C(Cl)(Cl)Cl)[C@H](O[C@H]3[C@H](OC(=O)c4ccccc4)[C@@H](OC(=O)c4ccccc4)[C@H](OCCCN=[N+]=[N-])O[C@@H]3C(=O)OC)O[C@@H]3CO[C@@H](c4ccccc4)O[C@@H]23)[C@H](OC(=O)c2ccccc2)[C@@H](OC(=O)c2ccccc2)[C@@H]1OC(=O)CCC(C)=O. The molecule has 4 heterocycles. The number of alkyl halides is 3. The molecule has 31 heteroatoms. The van der Waals surface area contributed by atoms with Crippen molar-refractivity contribution in [1.82, 2.24) is 5.32 Å². The van der Waals surface area contributed by atoms with E-state index in [-0.39, 0.29) is 48.2 Å². The maximum Gasteiger partial charge on any atom is 0.339 e. The van der Waals surface area contributed by atoms with Crippen LogP contribution in [0.25, 0.3) is 10.4 Å². The van der Waals surface area contributed by atoms with Gasteiger partial charge in [0.25, 0.3) is 9.70 Å². The maximum absolute atomic E-state index is 14.6. The van der Waals surface area contributed by atoms with Crippen LogP contribution in [0, 0.1) is 0 Å². The summed E-state index contributed by atoms with van der Waals surface area (Å²) in [5.74, 6) is -9.88. The molecular formula is C65H63Cl3N4O24. The van der Waals surface area contributed by atoms with Crippen LogP contribution in [0.4, 0.5) is 0 Å². The second-order valence-corrected chi connectivity index (χ2v) is 23.9. The lowest BCUT2D eigenvalue weighted by Gasteiger charge is -2.52. The average Bonchev–Trinajstić information content (AvgIpc) is 0.756. The summed E-state index contributed by atoms with van der Waals surface area (Å²) in [5, 5.41) is 6.09. The quantitative estimate of drug-likeness (QED) is 0.0115. The first-order valence-electron chi connectivity index (χ1n) is 29.7. The van der Waals surface area contributed by atoms with Crippen LogP contribution >= 0.6 is 34.8 Å². The third kappa shape index (κ3) is 18.3. The molecule has 96 heavy (non-hydrogen) atoms. The number of nitrogens with zero attached hydrogens (tertiary/aromatic N) is 3. The van der Waals surface area contributed by atoms with E-state index < -0.39 is 169 Å². The number of esters is 7. The van der Waals surface area contributed by atoms with Crippen molar-refractivity contribution in [1.29, 1.82) is 0 Å². The van der Waals surface area contributed by atoms with Gasteiger partial charge in [0.05, 0.1) is 56.1 Å². The van der Waals surface area contributed by atoms with Crippen LogP contribution in [0.15, 0.2) is 157 Å². The van der Waals surface area contributed by atoms with Gasteiger partial charge in [0.15, 0.2) is 67.9 Å². The summed E-state index contributed by atoms with van der Waals surface area (Å²) in [7, 11) is 1.93. The van der Waals surface area contributed by atoms with E-state index in [1.54, 1.807) is 54.6 Å². The zero-order chi connectivity index (χ0) is 68.5. The molecule has 1 amide bonds. The van der Waals surface area contributed by atoms with Crippen molar-refractivity contribution in [2.45, 2.75) is 128 Å². The fourth-order valence-corrected chi connectivity index (χ4v) is 10.7. The molecular weight excluding hydrogens is 1330 g/mol. The number of rotatable bonds is 25. The molecule has 5 aromatic carbocycles. The molecule has 4 aliphatic rings. The molecule has 508 valence electrons. The Morgan fingerprint density at radius 3 is 1.47 bits per heavy atom. The molecule has 5 aromatic rings. The lowest BCUT2D eigenvalue weighted by atomic mass is 9.93. The molecule has 0 aromatic heterocycles. The topological polar surface area (TPSA) is 353 Å². The van der Waals surface area contributed by atoms with Gasteiger partial charge < -0.3 is 81.2 Å². The summed E-state index contributed by atoms with van der Waals surface area (Å²) in [6.07, 6.45) is -30.3. The minimum absolute atomic E-state index is 0.0239. The highest BCUT2D eigenvalue weighted by Gasteiger charge is 2.62. The zero-order valence-corrected chi connectivity index (χ0v) is 53.5. The van der Waals surface area contributed by atoms with Crippen LogP contribution in [0.5, 0.6) is 0 Å². The molecule has 4 saturated heterocycles. The largest absolute Gasteiger partial charge is 0.467 e. The number of carbonyl (C=O) groups excluding carboxylic acids is 9. The molecule has 0 radical (unpaired) electrons. The first kappa shape index (κ1) is 71.7. The molecule has 0 bridgehead atoms. The monoisotopic (exact) mass is 1390 g/mol. The van der Waals surface area contributed by atoms with Crippen molar-refractivity contribution in [2.75, 3.05) is 34.0 Å². The number of amides is 1. The Labute approximate surface area is 562 Å². The number of halogens is 3. The Balaban J connectivity index is 1.22. The summed E-state index contributed by atoms with van der Waals surface area (Å²) >= 11 is 19.1. The molecule has 1 N–H and O–H groups in total. The van der Waals surface area contributed by atoms with E-state index in [1.807, 2.05) is 0 Å². The minimum Gasteiger partial charge on any atom is -0.467 e. The molecule has 0 unspecified atom stereocenters. The van der Waals surface area contributed by atoms with Gasteiger partial charge in [0.2, 0.25) is 0 Å². The number of fused-ring (bicyclic) bond motifs is 1. The van der Waals surface area contributed by atoms with Crippen molar-refractivity contribution in [3.8, 4) is 0 Å². The van der Waals surface area contributed by atoms with Crippen molar-refractivity contribution in [3.05, 3.63) is 190 Å². The average molecular weight is 1390 g/mol. The van der Waals surface area contributed by atoms with Crippen LogP contribution in [-0.2, 0) is 95.0 Å². The summed E-state index contributed by atoms with van der Waals surface area (Å²) in [4.78, 5) is 130. The fraction of sp³-hybridized carbons (Fsp3) is 0.400. The normalized spacial score (nSPS) is 26.9. The van der Waals surface area contributed by atoms with Gasteiger partial charge in [0.1, 0.15) is 36.2 Å². The van der Waals surface area contributed by atoms with Gasteiger partial charge in [-0.25, -0.2) is 28.8 Å². The first-order chi connectivity index (χ1) is 46.3. The minimum atomic E-state index is -2.87. The van der Waals surface area contributed by atoms with E-state index in [9.17, 15) is 43.2 Å². The standard InChI is InChI=1S/C65H63Cl3N4O24/c1-35(73)30-31-42(74)87-46-48(88-54(75)36-20-9-4-10-21-36)53(91-57(78)39-26-15-7-16-27-39)63(96-50(46)58(79)82-2)93-45-43(71-64(81)65(66,67)68)61(86-41-34-85-60(92-44(41)45)40-28-17-8-18-29-40)94-47-49(89-55(76)37-22-11-5-12-23-37)52(90-56(77)38-24-13-6-14-25-38)62(84-33-19-32-70-72-69)95-51(47)59(80)83-3/h4-18,20-29,41,43-53,60-63H,19,30-34H2,1-3H3,(H,71,81)/t41-,43-,44-,45-,46+,47+,48+,49+,50+,51+,52-,53-,60-,61+,62-,63-/m1/s1. The Morgan fingerprint density at radius 2 is 0.990 bits per heavy atom. The molecule has 9 rings (SSSR count). The number of azide groups is 1. The highest BCUT2D eigenvalue weighted by molar-refractivity contribution is 6.76. The Kier molecular flexibility index (Phi) is 25.3. The third-order valence-corrected chi connectivity index (χ3v) is 15.6. The van der Waals surface area contributed by atoms with Gasteiger partial charge in [-0.1, -0.05) is 143 Å². The number of ketones is 1. The smallest absolute Gasteiger partial charge is 0.339 e. The van der Waals surface area contributed by atoms with E-state index >= 15 is 0 Å². The number of carbonyl (C=O) groups is 9. The third-order valence-electron chi connectivity index (χ3n) is 15.1. The van der Waals surface area contributed by atoms with Crippen LogP contribution < -0.4 is 5.32 Å². The lowest BCUT2D eigenvalue weighted by molar-refractivity contribution is -0.388. The van der Waals surface area contributed by atoms with Gasteiger partial charge >= 0.3 is 41.8 Å².